The molecule has 3 rings (SSSR count). The molecule has 1 aliphatic rings. The maximum Gasteiger partial charge on any atom is 0.0946 e. The Balaban J connectivity index is 1.50. The van der Waals surface area contributed by atoms with Gasteiger partial charge in [-0.1, -0.05) is 30.3 Å². The van der Waals surface area contributed by atoms with Gasteiger partial charge in [-0.2, -0.15) is 0 Å². The van der Waals surface area contributed by atoms with E-state index in [1.54, 1.807) is 0 Å². The molecule has 0 saturated carbocycles. The molecule has 1 saturated heterocycles. The Morgan fingerprint density at radius 2 is 2.14 bits per heavy atom. The second-order valence-electron chi connectivity index (χ2n) is 6.20. The summed E-state index contributed by atoms with van der Waals surface area (Å²) in [5.41, 5.74) is 1.41. The monoisotopic (exact) mass is 298 g/mol. The lowest BCUT2D eigenvalue weighted by atomic mass is 9.96. The Bertz CT molecular complexity index is 537. The van der Waals surface area contributed by atoms with Crippen LogP contribution in [0.4, 0.5) is 0 Å². The molecule has 2 unspecified atom stereocenters. The molecule has 2 aromatic rings. The van der Waals surface area contributed by atoms with Crippen LogP contribution in [0, 0.1) is 0 Å². The van der Waals surface area contributed by atoms with Crippen LogP contribution < -0.4 is 5.32 Å². The van der Waals surface area contributed by atoms with Gasteiger partial charge in [0.15, 0.2) is 0 Å². The molecule has 2 atom stereocenters. The summed E-state index contributed by atoms with van der Waals surface area (Å²) in [5.74, 6) is 0. The van der Waals surface area contributed by atoms with Crippen LogP contribution in [0.25, 0.3) is 0 Å². The Labute approximate surface area is 133 Å². The van der Waals surface area contributed by atoms with Crippen molar-refractivity contribution in [3.05, 3.63) is 54.6 Å². The number of benzene rings is 1. The lowest BCUT2D eigenvalue weighted by molar-refractivity contribution is 0.116. The van der Waals surface area contributed by atoms with E-state index in [0.29, 0.717) is 12.1 Å². The van der Waals surface area contributed by atoms with E-state index < -0.39 is 0 Å². The van der Waals surface area contributed by atoms with Crippen LogP contribution in [0.3, 0.4) is 0 Å². The van der Waals surface area contributed by atoms with E-state index >= 15 is 0 Å². The molecule has 1 aromatic heterocycles. The third-order valence-corrected chi connectivity index (χ3v) is 4.68. The van der Waals surface area contributed by atoms with Gasteiger partial charge in [0.25, 0.3) is 0 Å². The van der Waals surface area contributed by atoms with E-state index in [9.17, 15) is 0 Å². The molecular formula is C18H26N4. The predicted molar refractivity (Wildman–Crippen MR) is 89.6 cm³/mol. The smallest absolute Gasteiger partial charge is 0.0946 e. The van der Waals surface area contributed by atoms with Gasteiger partial charge in [0.1, 0.15) is 0 Å². The highest BCUT2D eigenvalue weighted by molar-refractivity contribution is 5.14. The fourth-order valence-corrected chi connectivity index (χ4v) is 3.33. The maximum absolute atomic E-state index is 4.09. The lowest BCUT2D eigenvalue weighted by Crippen LogP contribution is -2.52. The molecule has 0 spiro atoms. The normalized spacial score (nSPS) is 22.8. The zero-order valence-corrected chi connectivity index (χ0v) is 13.4. The predicted octanol–water partition coefficient (Wildman–Crippen LogP) is 2.53. The van der Waals surface area contributed by atoms with Gasteiger partial charge in [0.05, 0.1) is 6.33 Å². The van der Waals surface area contributed by atoms with E-state index in [1.165, 1.54) is 24.9 Å². The number of nitrogens with zero attached hydrogens (tertiary/aromatic N) is 3. The van der Waals surface area contributed by atoms with E-state index in [0.717, 1.165) is 19.6 Å². The number of rotatable bonds is 6. The van der Waals surface area contributed by atoms with Gasteiger partial charge in [0, 0.05) is 44.1 Å². The minimum absolute atomic E-state index is 0.580. The molecule has 4 nitrogen and oxygen atoms in total. The first-order chi connectivity index (χ1) is 10.8. The van der Waals surface area contributed by atoms with Gasteiger partial charge < -0.3 is 9.88 Å². The van der Waals surface area contributed by atoms with Crippen molar-refractivity contribution in [2.75, 3.05) is 13.1 Å². The number of hydrogen-bond donors (Lipinski definition) is 1. The molecule has 2 heterocycles. The number of hydrogen-bond acceptors (Lipinski definition) is 3. The van der Waals surface area contributed by atoms with E-state index in [-0.39, 0.29) is 0 Å². The van der Waals surface area contributed by atoms with Crippen LogP contribution in [-0.2, 0) is 13.1 Å². The molecule has 0 amide bonds. The first-order valence-electron chi connectivity index (χ1n) is 8.30. The number of imidazole rings is 1. The van der Waals surface area contributed by atoms with Gasteiger partial charge in [-0.05, 0) is 31.9 Å². The van der Waals surface area contributed by atoms with Crippen LogP contribution in [0.1, 0.15) is 25.3 Å². The quantitative estimate of drug-likeness (QED) is 0.889. The molecule has 22 heavy (non-hydrogen) atoms. The van der Waals surface area contributed by atoms with Crippen LogP contribution in [0.5, 0.6) is 0 Å². The van der Waals surface area contributed by atoms with Crippen molar-refractivity contribution in [2.45, 2.75) is 44.9 Å². The molecule has 118 valence electrons. The molecule has 1 N–H and O–H groups in total. The average Bonchev–Trinajstić information content (AvgIpc) is 3.05. The van der Waals surface area contributed by atoms with Crippen molar-refractivity contribution < 1.29 is 0 Å². The van der Waals surface area contributed by atoms with Gasteiger partial charge >= 0.3 is 0 Å². The van der Waals surface area contributed by atoms with Gasteiger partial charge in [-0.25, -0.2) is 4.98 Å². The fourth-order valence-electron chi connectivity index (χ4n) is 3.33. The van der Waals surface area contributed by atoms with Crippen molar-refractivity contribution in [1.82, 2.24) is 19.8 Å². The number of likely N-dealkylation sites (tertiary alicyclic amines) is 1. The van der Waals surface area contributed by atoms with Crippen LogP contribution in [-0.4, -0.2) is 39.6 Å². The Hall–Kier alpha value is -1.65. The molecule has 0 bridgehead atoms. The molecule has 0 aliphatic carbocycles. The van der Waals surface area contributed by atoms with Crippen LogP contribution >= 0.6 is 0 Å². The van der Waals surface area contributed by atoms with Gasteiger partial charge in [-0.3, -0.25) is 4.90 Å². The SMILES string of the molecule is CC1C(NCCn2ccnc2)CCCN1Cc1ccccc1. The summed E-state index contributed by atoms with van der Waals surface area (Å²) >= 11 is 0. The van der Waals surface area contributed by atoms with Gasteiger partial charge in [0.2, 0.25) is 0 Å². The molecule has 1 fully saturated rings. The summed E-state index contributed by atoms with van der Waals surface area (Å²) in [7, 11) is 0. The second-order valence-corrected chi connectivity index (χ2v) is 6.20. The third kappa shape index (κ3) is 3.96. The third-order valence-electron chi connectivity index (χ3n) is 4.68. The van der Waals surface area contributed by atoms with Crippen molar-refractivity contribution in [1.29, 1.82) is 0 Å². The van der Waals surface area contributed by atoms with E-state index in [1.807, 2.05) is 18.7 Å². The largest absolute Gasteiger partial charge is 0.336 e. The zero-order valence-electron chi connectivity index (χ0n) is 13.4. The van der Waals surface area contributed by atoms with Crippen LogP contribution in [0.2, 0.25) is 0 Å². The summed E-state index contributed by atoms with van der Waals surface area (Å²) < 4.78 is 2.13. The van der Waals surface area contributed by atoms with Crippen molar-refractivity contribution in [3.63, 3.8) is 0 Å². The highest BCUT2D eigenvalue weighted by Crippen LogP contribution is 2.20. The molecule has 1 aliphatic heterocycles. The average molecular weight is 298 g/mol. The first-order valence-corrected chi connectivity index (χ1v) is 8.30. The maximum atomic E-state index is 4.09. The second kappa shape index (κ2) is 7.56. The first kappa shape index (κ1) is 15.3. The lowest BCUT2D eigenvalue weighted by Gasteiger charge is -2.40. The number of nitrogens with one attached hydrogen (secondary N) is 1. The van der Waals surface area contributed by atoms with Crippen LogP contribution in [0.15, 0.2) is 49.1 Å². The molecule has 1 aromatic carbocycles. The number of aromatic nitrogens is 2. The van der Waals surface area contributed by atoms with Crippen molar-refractivity contribution >= 4 is 0 Å². The summed E-state index contributed by atoms with van der Waals surface area (Å²) in [4.78, 5) is 6.69. The van der Waals surface area contributed by atoms with Crippen molar-refractivity contribution in [2.24, 2.45) is 0 Å². The van der Waals surface area contributed by atoms with Crippen molar-refractivity contribution in [3.8, 4) is 0 Å². The molecule has 4 heteroatoms. The highest BCUT2D eigenvalue weighted by atomic mass is 15.2. The minimum atomic E-state index is 0.580. The Morgan fingerprint density at radius 1 is 1.27 bits per heavy atom. The van der Waals surface area contributed by atoms with Gasteiger partial charge in [-0.15, -0.1) is 0 Å². The summed E-state index contributed by atoms with van der Waals surface area (Å²) in [6, 6.07) is 12.0. The zero-order chi connectivity index (χ0) is 15.2. The van der Waals surface area contributed by atoms with E-state index in [4.69, 9.17) is 0 Å². The standard InChI is InChI=1S/C18H26N4/c1-16-18(20-10-13-21-12-9-19-15-21)8-5-11-22(16)14-17-6-3-2-4-7-17/h2-4,6-7,9,12,15-16,18,20H,5,8,10-11,13-14H2,1H3. The number of piperidine rings is 1. The summed E-state index contributed by atoms with van der Waals surface area (Å²) in [6.07, 6.45) is 8.29. The van der Waals surface area contributed by atoms with E-state index in [2.05, 4.69) is 57.0 Å². The summed E-state index contributed by atoms with van der Waals surface area (Å²) in [5, 5.41) is 3.74. The molecule has 0 radical (unpaired) electrons. The molecular weight excluding hydrogens is 272 g/mol. The highest BCUT2D eigenvalue weighted by Gasteiger charge is 2.27. The summed E-state index contributed by atoms with van der Waals surface area (Å²) in [6.45, 7) is 6.61. The Morgan fingerprint density at radius 3 is 2.91 bits per heavy atom. The minimum Gasteiger partial charge on any atom is -0.336 e. The Kier molecular flexibility index (Phi) is 5.24. The topological polar surface area (TPSA) is 33.1 Å². The fraction of sp³-hybridized carbons (Fsp3) is 0.500.